The van der Waals surface area contributed by atoms with E-state index in [1.54, 1.807) is 37.5 Å². The van der Waals surface area contributed by atoms with Crippen LogP contribution in [-0.4, -0.2) is 163 Å². The maximum atomic E-state index is 13.9. The fourth-order valence-corrected chi connectivity index (χ4v) is 17.3. The van der Waals surface area contributed by atoms with E-state index >= 15 is 0 Å². The van der Waals surface area contributed by atoms with Crippen molar-refractivity contribution in [3.63, 3.8) is 0 Å². The highest BCUT2D eigenvalue weighted by Crippen LogP contribution is 2.67. The van der Waals surface area contributed by atoms with Crippen LogP contribution >= 0.6 is 0 Å². The van der Waals surface area contributed by atoms with Crippen LogP contribution in [0, 0.1) is 63.7 Å². The highest BCUT2D eigenvalue weighted by molar-refractivity contribution is 6.48. The summed E-state index contributed by atoms with van der Waals surface area (Å²) in [7, 11) is -1.20. The van der Waals surface area contributed by atoms with Crippen LogP contribution in [0.3, 0.4) is 0 Å². The van der Waals surface area contributed by atoms with Crippen molar-refractivity contribution >= 4 is 44.5 Å². The molecule has 4 bridgehead atoms. The number of rotatable bonds is 16. The second kappa shape index (κ2) is 28.1. The molecule has 516 valence electrons. The van der Waals surface area contributed by atoms with E-state index in [9.17, 15) is 41.5 Å². The van der Waals surface area contributed by atoms with E-state index in [0.29, 0.717) is 81.8 Å². The Balaban J connectivity index is 0.000000180. The Morgan fingerprint density at radius 3 is 1.62 bits per heavy atom. The molecule has 7 aliphatic carbocycles. The van der Waals surface area contributed by atoms with Crippen molar-refractivity contribution in [2.24, 2.45) is 45.8 Å². The summed E-state index contributed by atoms with van der Waals surface area (Å²) in [5, 5.41) is 14.9. The average molecular weight is 1320 g/mol. The molecular formula is C71H97B2F4N7O11. The summed E-state index contributed by atoms with van der Waals surface area (Å²) >= 11 is 0. The predicted molar refractivity (Wildman–Crippen MR) is 349 cm³/mol. The number of carbonyl (C=O) groups excluding carboxylic acids is 5. The molecule has 0 spiro atoms. The zero-order valence-electron chi connectivity index (χ0n) is 57.0. The Morgan fingerprint density at radius 2 is 1.20 bits per heavy atom. The lowest BCUT2D eigenvalue weighted by molar-refractivity contribution is -0.199. The van der Waals surface area contributed by atoms with E-state index in [1.807, 2.05) is 66.7 Å². The molecule has 13 atom stereocenters. The van der Waals surface area contributed by atoms with Gasteiger partial charge in [0.05, 0.1) is 67.6 Å². The summed E-state index contributed by atoms with van der Waals surface area (Å²) in [6.45, 7) is 29.4. The standard InChI is InChI=1S/C35H47BF2N4O5.C27H36BN3O5.C9H14F2O/c1-32(2,42-16-14-35(37,38)22-42)20-26(39-6)30(43)41-15-10-13-25(21-41)45-31(44)40-29(17-23-11-8-7-9-12-23)36-46-28-19-24-18-27(33(24,3)4)34(28,5)47-36;1-26(2)19-15-21(26)27(3)22(16-19)35-28(36-27)23(14-18-8-5-4-6-9-18)30-25(33)34-20-10-7-13-31(17-20)24(32)11-12-29;1-8(2,6-12)7-3-4-9(10,11)5-7/h7-9,11-12,20,24-25,27-29H,10,13-19,21-22H2,1-5H3,(H,40,44);4-6,8-9,19-23H,7,10-11,13-17H2,1-3H3,(H,30,33);6-7H,3-5H2,1-2H3/t24-,25-,27-,28+,29-,34-;19-,20-,21-,22+,23-,27-;/m00./s1. The number of alkyl carbamates (subject to hydrolysis) is 2. The number of aldehydes is 1. The molecule has 2 N–H and O–H groups in total. The van der Waals surface area contributed by atoms with Crippen LogP contribution in [0.1, 0.15) is 164 Å². The van der Waals surface area contributed by atoms with Gasteiger partial charge in [-0.05, 0) is 150 Å². The van der Waals surface area contributed by atoms with Gasteiger partial charge in [0.15, 0.2) is 0 Å². The van der Waals surface area contributed by atoms with Crippen molar-refractivity contribution in [3.05, 3.63) is 95.0 Å². The van der Waals surface area contributed by atoms with E-state index < -0.39 is 91.4 Å². The zero-order valence-corrected chi connectivity index (χ0v) is 57.0. The molecule has 5 aliphatic heterocycles. The molecule has 0 aromatic heterocycles. The predicted octanol–water partition coefficient (Wildman–Crippen LogP) is 11.6. The van der Waals surface area contributed by atoms with Gasteiger partial charge in [0.2, 0.25) is 17.5 Å². The molecule has 7 saturated carbocycles. The van der Waals surface area contributed by atoms with Crippen LogP contribution in [0.15, 0.2) is 72.4 Å². The van der Waals surface area contributed by atoms with Crippen molar-refractivity contribution in [1.82, 2.24) is 25.3 Å². The first kappa shape index (κ1) is 71.7. The van der Waals surface area contributed by atoms with Crippen molar-refractivity contribution in [3.8, 4) is 6.07 Å². The Kier molecular flexibility index (Phi) is 21.2. The number of nitriles is 1. The summed E-state index contributed by atoms with van der Waals surface area (Å²) in [5.41, 5.74) is 0.138. The van der Waals surface area contributed by atoms with Crippen molar-refractivity contribution < 1.29 is 69.6 Å². The summed E-state index contributed by atoms with van der Waals surface area (Å²) in [6.07, 6.45) is 7.86. The lowest BCUT2D eigenvalue weighted by Gasteiger charge is -2.64. The molecule has 2 aromatic rings. The second-order valence-corrected chi connectivity index (χ2v) is 31.4. The molecule has 95 heavy (non-hydrogen) atoms. The van der Waals surface area contributed by atoms with Gasteiger partial charge in [0.25, 0.3) is 11.8 Å². The number of hydrogen-bond acceptors (Lipinski definition) is 13. The first-order chi connectivity index (χ1) is 44.7. The first-order valence-corrected chi connectivity index (χ1v) is 34.4. The monoisotopic (exact) mass is 1320 g/mol. The van der Waals surface area contributed by atoms with Gasteiger partial charge >= 0.3 is 26.4 Å². The smallest absolute Gasteiger partial charge is 0.444 e. The van der Waals surface area contributed by atoms with E-state index in [2.05, 4.69) is 57.0 Å². The summed E-state index contributed by atoms with van der Waals surface area (Å²) in [4.78, 5) is 70.8. The zero-order chi connectivity index (χ0) is 68.7. The van der Waals surface area contributed by atoms with Crippen molar-refractivity contribution in [1.29, 1.82) is 5.26 Å². The Morgan fingerprint density at radius 1 is 0.716 bits per heavy atom. The number of piperidine rings is 2. The number of amides is 4. The minimum Gasteiger partial charge on any atom is -0.444 e. The summed E-state index contributed by atoms with van der Waals surface area (Å²) in [6, 6.07) is 21.8. The number of ether oxygens (including phenoxy) is 2. The summed E-state index contributed by atoms with van der Waals surface area (Å²) < 4.78 is 91.3. The maximum absolute atomic E-state index is 13.9. The molecule has 2 aromatic carbocycles. The Hall–Kier alpha value is -6.04. The van der Waals surface area contributed by atoms with Gasteiger partial charge < -0.3 is 53.3 Å². The van der Waals surface area contributed by atoms with Gasteiger partial charge in [-0.15, -0.1) is 0 Å². The van der Waals surface area contributed by atoms with Crippen LogP contribution in [0.25, 0.3) is 4.85 Å². The lowest BCUT2D eigenvalue weighted by Crippen LogP contribution is -2.65. The van der Waals surface area contributed by atoms with Gasteiger partial charge in [0.1, 0.15) is 24.9 Å². The number of likely N-dealkylation sites (tertiary alicyclic amines) is 3. The molecule has 4 amide bonds. The average Bonchev–Trinajstić information content (AvgIpc) is 1.66. The molecule has 24 heteroatoms. The molecule has 0 radical (unpaired) electrons. The van der Waals surface area contributed by atoms with Crippen LogP contribution in [0.4, 0.5) is 27.2 Å². The van der Waals surface area contributed by atoms with E-state index in [0.717, 1.165) is 49.5 Å². The molecule has 1 unspecified atom stereocenters. The topological polar surface area (TPSA) is 203 Å². The van der Waals surface area contributed by atoms with E-state index in [4.69, 9.17) is 39.9 Å². The largest absolute Gasteiger partial charge is 0.482 e. The minimum absolute atomic E-state index is 0.0217. The van der Waals surface area contributed by atoms with E-state index in [-0.39, 0.29) is 84.9 Å². The number of nitrogens with one attached hydrogen (secondary N) is 2. The molecular weight excluding hydrogens is 1220 g/mol. The number of nitrogens with zero attached hydrogens (tertiary/aromatic N) is 5. The van der Waals surface area contributed by atoms with Crippen molar-refractivity contribution in [2.75, 3.05) is 39.3 Å². The highest BCUT2D eigenvalue weighted by atomic mass is 19.3. The number of carbonyl (C=O) groups is 5. The van der Waals surface area contributed by atoms with Crippen LogP contribution in [0.2, 0.25) is 0 Å². The quantitative estimate of drug-likeness (QED) is 0.0529. The number of alkyl halides is 4. The third-order valence-electron chi connectivity index (χ3n) is 23.5. The SMILES string of the molecule is CC(C)(C=O)C1CCC(F)(F)C1.CC1(C)[C@@H]2C[C@H]3OB([C@H](Cc4ccccc4)NC(=O)O[C@H]4CCCN(C(=O)CC#N)C4)O[C@@]3(C)[C@H]1C2.[C-]#[N+]C(=CC(C)(C)N1CCC(F)(F)C1)C(=O)N1CCC[C@H](OC(=O)N[C@@H](Cc2ccccc2)B2O[C@@H]3C[C@@H]4C[C@@H](C4(C)C)[C@]3(C)O2)C1. The molecule has 12 fully saturated rings. The molecule has 5 heterocycles. The number of benzene rings is 2. The Labute approximate surface area is 559 Å². The fraction of sp³-hybridized carbons (Fsp3) is 0.704. The maximum Gasteiger partial charge on any atom is 0.482 e. The van der Waals surface area contributed by atoms with Crippen LogP contribution in [0.5, 0.6) is 0 Å². The normalized spacial score (nSPS) is 32.1. The van der Waals surface area contributed by atoms with Gasteiger partial charge in [-0.2, -0.15) is 5.26 Å². The van der Waals surface area contributed by atoms with Gasteiger partial charge in [-0.3, -0.25) is 14.5 Å². The van der Waals surface area contributed by atoms with E-state index in [1.165, 1.54) is 11.0 Å². The second-order valence-electron chi connectivity index (χ2n) is 31.4. The molecule has 18 nitrogen and oxygen atoms in total. The minimum atomic E-state index is -2.78. The molecule has 14 rings (SSSR count). The van der Waals surface area contributed by atoms with Gasteiger partial charge in [0, 0.05) is 49.9 Å². The third kappa shape index (κ3) is 15.8. The number of hydrogen-bond donors (Lipinski definition) is 2. The van der Waals surface area contributed by atoms with Gasteiger partial charge in [-0.25, -0.2) is 32.0 Å². The van der Waals surface area contributed by atoms with Crippen LogP contribution in [-0.2, 0) is 55.3 Å². The molecule has 12 aliphatic rings. The van der Waals surface area contributed by atoms with Gasteiger partial charge in [-0.1, -0.05) is 108 Å². The summed E-state index contributed by atoms with van der Waals surface area (Å²) in [5.74, 6) is -5.02. The highest BCUT2D eigenvalue weighted by Gasteiger charge is 2.70. The first-order valence-electron chi connectivity index (χ1n) is 34.4. The Bertz CT molecular complexity index is 3230. The van der Waals surface area contributed by atoms with Crippen molar-refractivity contribution in [2.45, 2.75) is 230 Å². The molecule has 5 saturated heterocycles. The van der Waals surface area contributed by atoms with Crippen LogP contribution < -0.4 is 10.6 Å². The third-order valence-corrected chi connectivity index (χ3v) is 23.5. The lowest BCUT2D eigenvalue weighted by atomic mass is 9.43. The fourth-order valence-electron chi connectivity index (χ4n) is 17.3. The number of halogens is 4.